The second-order valence-corrected chi connectivity index (χ2v) is 2.05. The standard InChI is InChI=1S/C7H14O2.Na.H/c1-2-3-4-5-6-7(8)9;;/h2,7-9H,1,3-6H2;;. The molecule has 2 N–H and O–H groups in total. The Kier molecular flexibility index (Phi) is 12.8. The van der Waals surface area contributed by atoms with Crippen molar-refractivity contribution in [2.75, 3.05) is 0 Å². The van der Waals surface area contributed by atoms with E-state index in [0.717, 1.165) is 19.3 Å². The second kappa shape index (κ2) is 9.66. The SMILES string of the molecule is C=CCCCCC(O)O.[NaH]. The van der Waals surface area contributed by atoms with Crippen LogP contribution in [0.4, 0.5) is 0 Å². The number of aliphatic hydroxyl groups is 2. The van der Waals surface area contributed by atoms with Crippen LogP contribution in [0.1, 0.15) is 25.7 Å². The van der Waals surface area contributed by atoms with Crippen molar-refractivity contribution in [1.29, 1.82) is 0 Å². The summed E-state index contributed by atoms with van der Waals surface area (Å²) in [4.78, 5) is 0. The molecule has 3 heteroatoms. The predicted octanol–water partition coefficient (Wildman–Crippen LogP) is 0.395. The van der Waals surface area contributed by atoms with Crippen molar-refractivity contribution in [2.24, 2.45) is 0 Å². The third-order valence-corrected chi connectivity index (χ3v) is 1.12. The van der Waals surface area contributed by atoms with Gasteiger partial charge in [-0.3, -0.25) is 0 Å². The van der Waals surface area contributed by atoms with Crippen LogP contribution in [0.5, 0.6) is 0 Å². The number of hydrogen-bond acceptors (Lipinski definition) is 2. The van der Waals surface area contributed by atoms with Crippen molar-refractivity contribution in [3.8, 4) is 0 Å². The molecule has 10 heavy (non-hydrogen) atoms. The van der Waals surface area contributed by atoms with Gasteiger partial charge in [0, 0.05) is 0 Å². The summed E-state index contributed by atoms with van der Waals surface area (Å²) in [6, 6.07) is 0. The van der Waals surface area contributed by atoms with Crippen LogP contribution in [0.15, 0.2) is 12.7 Å². The molecule has 0 fully saturated rings. The van der Waals surface area contributed by atoms with E-state index in [9.17, 15) is 0 Å². The van der Waals surface area contributed by atoms with Crippen molar-refractivity contribution >= 4 is 29.6 Å². The third-order valence-electron chi connectivity index (χ3n) is 1.12. The van der Waals surface area contributed by atoms with Gasteiger partial charge in [0.1, 0.15) is 0 Å². The number of rotatable bonds is 5. The number of aliphatic hydroxyl groups excluding tert-OH is 1. The fraction of sp³-hybridized carbons (Fsp3) is 0.714. The minimum absolute atomic E-state index is 0. The topological polar surface area (TPSA) is 40.5 Å². The Morgan fingerprint density at radius 1 is 1.30 bits per heavy atom. The van der Waals surface area contributed by atoms with Gasteiger partial charge in [-0.1, -0.05) is 6.08 Å². The van der Waals surface area contributed by atoms with Gasteiger partial charge in [0.15, 0.2) is 6.29 Å². The maximum atomic E-state index is 8.38. The number of allylic oxidation sites excluding steroid dienone is 1. The van der Waals surface area contributed by atoms with Crippen molar-refractivity contribution < 1.29 is 10.2 Å². The van der Waals surface area contributed by atoms with Gasteiger partial charge in [0.2, 0.25) is 0 Å². The molecule has 56 valence electrons. The van der Waals surface area contributed by atoms with E-state index >= 15 is 0 Å². The molecule has 0 saturated heterocycles. The predicted molar refractivity (Wildman–Crippen MR) is 44.0 cm³/mol. The molecule has 0 bridgehead atoms. The molecule has 0 aliphatic rings. The summed E-state index contributed by atoms with van der Waals surface area (Å²) in [5.41, 5.74) is 0. The van der Waals surface area contributed by atoms with Gasteiger partial charge >= 0.3 is 29.6 Å². The number of unbranched alkanes of at least 4 members (excludes halogenated alkanes) is 2. The number of hydrogen-bond donors (Lipinski definition) is 2. The molecular weight excluding hydrogens is 139 g/mol. The summed E-state index contributed by atoms with van der Waals surface area (Å²) < 4.78 is 0. The van der Waals surface area contributed by atoms with Crippen LogP contribution in [0.25, 0.3) is 0 Å². The van der Waals surface area contributed by atoms with Crippen LogP contribution in [-0.4, -0.2) is 46.1 Å². The van der Waals surface area contributed by atoms with E-state index in [1.165, 1.54) is 0 Å². The summed E-state index contributed by atoms with van der Waals surface area (Å²) in [6.07, 6.45) is 4.02. The Bertz CT molecular complexity index is 74.0. The molecule has 0 aromatic carbocycles. The average Bonchev–Trinajstić information content (AvgIpc) is 1.80. The van der Waals surface area contributed by atoms with Crippen molar-refractivity contribution in [2.45, 2.75) is 32.0 Å². The zero-order valence-electron chi connectivity index (χ0n) is 5.58. The second-order valence-electron chi connectivity index (χ2n) is 2.05. The first kappa shape index (κ1) is 13.3. The van der Waals surface area contributed by atoms with E-state index < -0.39 is 6.29 Å². The monoisotopic (exact) mass is 154 g/mol. The van der Waals surface area contributed by atoms with Crippen LogP contribution >= 0.6 is 0 Å². The Balaban J connectivity index is 0. The van der Waals surface area contributed by atoms with Gasteiger partial charge in [-0.15, -0.1) is 6.58 Å². The van der Waals surface area contributed by atoms with Gasteiger partial charge in [-0.05, 0) is 25.7 Å². The zero-order chi connectivity index (χ0) is 7.11. The van der Waals surface area contributed by atoms with Crippen LogP contribution in [0.3, 0.4) is 0 Å². The van der Waals surface area contributed by atoms with E-state index in [2.05, 4.69) is 6.58 Å². The molecule has 0 heterocycles. The van der Waals surface area contributed by atoms with Gasteiger partial charge < -0.3 is 10.2 Å². The quantitative estimate of drug-likeness (QED) is 0.260. The van der Waals surface area contributed by atoms with Gasteiger partial charge in [0.25, 0.3) is 0 Å². The molecule has 2 nitrogen and oxygen atoms in total. The van der Waals surface area contributed by atoms with Crippen LogP contribution < -0.4 is 0 Å². The zero-order valence-corrected chi connectivity index (χ0v) is 5.58. The van der Waals surface area contributed by atoms with Gasteiger partial charge in [-0.25, -0.2) is 0 Å². The van der Waals surface area contributed by atoms with Crippen molar-refractivity contribution in [3.05, 3.63) is 12.7 Å². The Morgan fingerprint density at radius 2 is 1.90 bits per heavy atom. The fourth-order valence-electron chi connectivity index (χ4n) is 0.616. The third kappa shape index (κ3) is 11.5. The molecule has 0 aromatic rings. The van der Waals surface area contributed by atoms with E-state index in [4.69, 9.17) is 10.2 Å². The molecule has 0 aliphatic carbocycles. The molecule has 0 spiro atoms. The fourth-order valence-corrected chi connectivity index (χ4v) is 0.616. The molecular formula is C7H15NaO2. The van der Waals surface area contributed by atoms with Crippen LogP contribution in [-0.2, 0) is 0 Å². The first-order valence-electron chi connectivity index (χ1n) is 3.24. The molecule has 0 saturated carbocycles. The summed E-state index contributed by atoms with van der Waals surface area (Å²) in [6.45, 7) is 3.55. The van der Waals surface area contributed by atoms with E-state index in [0.29, 0.717) is 6.42 Å². The first-order valence-corrected chi connectivity index (χ1v) is 3.24. The van der Waals surface area contributed by atoms with E-state index in [1.54, 1.807) is 0 Å². The molecule has 0 amide bonds. The summed E-state index contributed by atoms with van der Waals surface area (Å²) in [5, 5.41) is 16.8. The van der Waals surface area contributed by atoms with Gasteiger partial charge in [-0.2, -0.15) is 0 Å². The molecule has 0 atom stereocenters. The normalized spacial score (nSPS) is 9.10. The van der Waals surface area contributed by atoms with E-state index in [-0.39, 0.29) is 29.6 Å². The van der Waals surface area contributed by atoms with E-state index in [1.807, 2.05) is 6.08 Å². The molecule has 0 rings (SSSR count). The molecule has 0 aliphatic heterocycles. The van der Waals surface area contributed by atoms with Crippen LogP contribution in [0, 0.1) is 0 Å². The minimum atomic E-state index is -1.13. The van der Waals surface area contributed by atoms with Gasteiger partial charge in [0.05, 0.1) is 0 Å². The van der Waals surface area contributed by atoms with Crippen LogP contribution in [0.2, 0.25) is 0 Å². The first-order chi connectivity index (χ1) is 4.27. The Labute approximate surface area is 84.2 Å². The summed E-state index contributed by atoms with van der Waals surface area (Å²) in [5.74, 6) is 0. The molecule has 0 aromatic heterocycles. The summed E-state index contributed by atoms with van der Waals surface area (Å²) in [7, 11) is 0. The summed E-state index contributed by atoms with van der Waals surface area (Å²) >= 11 is 0. The maximum absolute atomic E-state index is 8.38. The Hall–Kier alpha value is 0.660. The molecule has 0 radical (unpaired) electrons. The molecule has 0 unspecified atom stereocenters. The van der Waals surface area contributed by atoms with Crippen molar-refractivity contribution in [1.82, 2.24) is 0 Å². The van der Waals surface area contributed by atoms with Crippen molar-refractivity contribution in [3.63, 3.8) is 0 Å². The average molecular weight is 154 g/mol. The Morgan fingerprint density at radius 3 is 2.30 bits per heavy atom.